The van der Waals surface area contributed by atoms with E-state index in [9.17, 15) is 14.7 Å². The molecule has 8 heteroatoms. The molecule has 0 saturated heterocycles. The molecule has 6 nitrogen and oxygen atoms in total. The number of nitrogens with zero attached hydrogens (tertiary/aromatic N) is 2. The van der Waals surface area contributed by atoms with Crippen LogP contribution >= 0.6 is 23.1 Å². The van der Waals surface area contributed by atoms with Crippen LogP contribution in [0.1, 0.15) is 27.4 Å². The Morgan fingerprint density at radius 3 is 2.86 bits per heavy atom. The molecule has 0 amide bonds. The third kappa shape index (κ3) is 3.76. The van der Waals surface area contributed by atoms with Crippen molar-refractivity contribution in [2.24, 2.45) is 0 Å². The lowest BCUT2D eigenvalue weighted by Gasteiger charge is -2.05. The molecule has 0 fully saturated rings. The van der Waals surface area contributed by atoms with Gasteiger partial charge in [-0.1, -0.05) is 30.0 Å². The van der Waals surface area contributed by atoms with Crippen LogP contribution in [0.4, 0.5) is 0 Å². The maximum atomic E-state index is 12.4. The zero-order valence-corrected chi connectivity index (χ0v) is 17.2. The summed E-state index contributed by atoms with van der Waals surface area (Å²) in [5.41, 5.74) is 0.627. The molecular weight excluding hydrogens is 408 g/mol. The Balaban J connectivity index is 1.67. The number of hydrogen-bond acceptors (Lipinski definition) is 7. The molecule has 0 radical (unpaired) electrons. The first-order valence-electron chi connectivity index (χ1n) is 8.68. The van der Waals surface area contributed by atoms with Crippen LogP contribution in [0.25, 0.3) is 11.0 Å². The molecule has 0 spiro atoms. The Kier molecular flexibility index (Phi) is 5.12. The fourth-order valence-corrected chi connectivity index (χ4v) is 4.86. The van der Waals surface area contributed by atoms with Crippen LogP contribution in [0.15, 0.2) is 67.1 Å². The number of aryl methyl sites for hydroxylation is 2. The van der Waals surface area contributed by atoms with Crippen LogP contribution in [-0.2, 0) is 0 Å². The van der Waals surface area contributed by atoms with E-state index in [1.54, 1.807) is 24.0 Å². The lowest BCUT2D eigenvalue weighted by atomic mass is 10.1. The summed E-state index contributed by atoms with van der Waals surface area (Å²) >= 11 is 3.12. The van der Waals surface area contributed by atoms with Crippen molar-refractivity contribution in [1.29, 1.82) is 0 Å². The minimum absolute atomic E-state index is 0.238. The van der Waals surface area contributed by atoms with E-state index in [1.807, 2.05) is 21.9 Å². The van der Waals surface area contributed by atoms with Crippen molar-refractivity contribution in [2.45, 2.75) is 23.8 Å². The minimum atomic E-state index is -0.859. The molecule has 4 aromatic rings. The zero-order valence-electron chi connectivity index (χ0n) is 15.6. The van der Waals surface area contributed by atoms with Crippen molar-refractivity contribution in [3.8, 4) is 5.75 Å². The number of carbonyl (C=O) groups is 1. The normalized spacial score (nSPS) is 11.5. The molecule has 1 aromatic carbocycles. The second kappa shape index (κ2) is 7.73. The lowest BCUT2D eigenvalue weighted by molar-refractivity contribution is 0.104. The quantitative estimate of drug-likeness (QED) is 0.369. The van der Waals surface area contributed by atoms with E-state index in [0.717, 1.165) is 14.9 Å². The first kappa shape index (κ1) is 19.2. The van der Waals surface area contributed by atoms with Crippen LogP contribution < -0.4 is 5.63 Å². The molecule has 0 atom stereocenters. The number of thiazole rings is 1. The standard InChI is InChI=1S/C21H16N2O4S2/c1-12-5-3-4-6-17(12)29-18-11-28-21-22-10-14(23(18)21)7-8-15(24)19-16(25)9-13(2)27-20(19)26/h3-11,25H,1-2H3/b8-7+. The second-order valence-corrected chi connectivity index (χ2v) is 8.24. The zero-order chi connectivity index (χ0) is 20.5. The smallest absolute Gasteiger partial charge is 0.351 e. The monoisotopic (exact) mass is 424 g/mol. The molecule has 3 heterocycles. The summed E-state index contributed by atoms with van der Waals surface area (Å²) in [6.45, 7) is 3.58. The number of rotatable bonds is 5. The average molecular weight is 425 g/mol. The molecule has 146 valence electrons. The van der Waals surface area contributed by atoms with Gasteiger partial charge in [-0.05, 0) is 37.6 Å². The Labute approximate surface area is 174 Å². The molecular formula is C21H16N2O4S2. The average Bonchev–Trinajstić information content (AvgIpc) is 3.24. The summed E-state index contributed by atoms with van der Waals surface area (Å²) in [5, 5.41) is 12.9. The molecule has 0 aliphatic heterocycles. The molecule has 1 N–H and O–H groups in total. The predicted octanol–water partition coefficient (Wildman–Crippen LogP) is 4.72. The lowest BCUT2D eigenvalue weighted by Crippen LogP contribution is -2.13. The first-order valence-corrected chi connectivity index (χ1v) is 10.4. The van der Waals surface area contributed by atoms with E-state index in [4.69, 9.17) is 4.42 Å². The Hall–Kier alpha value is -3.10. The van der Waals surface area contributed by atoms with E-state index in [2.05, 4.69) is 24.0 Å². The highest BCUT2D eigenvalue weighted by atomic mass is 32.2. The highest BCUT2D eigenvalue weighted by molar-refractivity contribution is 7.99. The minimum Gasteiger partial charge on any atom is -0.507 e. The van der Waals surface area contributed by atoms with Gasteiger partial charge in [0.15, 0.2) is 10.7 Å². The maximum Gasteiger partial charge on any atom is 0.351 e. The Bertz CT molecular complexity index is 1310. The maximum absolute atomic E-state index is 12.4. The Morgan fingerprint density at radius 2 is 2.10 bits per heavy atom. The third-order valence-corrected chi connectivity index (χ3v) is 6.43. The van der Waals surface area contributed by atoms with Gasteiger partial charge in [0.25, 0.3) is 0 Å². The molecule has 0 unspecified atom stereocenters. The summed E-state index contributed by atoms with van der Waals surface area (Å²) in [6, 6.07) is 9.34. The van der Waals surface area contributed by atoms with Gasteiger partial charge in [0.1, 0.15) is 17.1 Å². The molecule has 0 aliphatic rings. The number of allylic oxidation sites excluding steroid dienone is 1. The van der Waals surface area contributed by atoms with Gasteiger partial charge in [-0.2, -0.15) is 0 Å². The topological polar surface area (TPSA) is 84.8 Å². The van der Waals surface area contributed by atoms with E-state index < -0.39 is 17.2 Å². The summed E-state index contributed by atoms with van der Waals surface area (Å²) in [7, 11) is 0. The largest absolute Gasteiger partial charge is 0.507 e. The summed E-state index contributed by atoms with van der Waals surface area (Å²) in [4.78, 5) is 30.7. The fourth-order valence-electron chi connectivity index (χ4n) is 2.85. The van der Waals surface area contributed by atoms with E-state index in [0.29, 0.717) is 5.69 Å². The van der Waals surface area contributed by atoms with Crippen molar-refractivity contribution in [1.82, 2.24) is 9.38 Å². The number of carbonyl (C=O) groups excluding carboxylic acids is 1. The Morgan fingerprint density at radius 1 is 1.31 bits per heavy atom. The molecule has 29 heavy (non-hydrogen) atoms. The van der Waals surface area contributed by atoms with Gasteiger partial charge >= 0.3 is 5.63 Å². The van der Waals surface area contributed by atoms with Crippen molar-refractivity contribution >= 4 is 39.9 Å². The number of ketones is 1. The second-order valence-electron chi connectivity index (χ2n) is 6.34. The first-order chi connectivity index (χ1) is 13.9. The molecule has 0 saturated carbocycles. The summed E-state index contributed by atoms with van der Waals surface area (Å²) in [6.07, 6.45) is 4.48. The predicted molar refractivity (Wildman–Crippen MR) is 113 cm³/mol. The van der Waals surface area contributed by atoms with E-state index in [1.165, 1.54) is 36.0 Å². The van der Waals surface area contributed by atoms with Gasteiger partial charge < -0.3 is 9.52 Å². The van der Waals surface area contributed by atoms with Gasteiger partial charge in [-0.25, -0.2) is 9.78 Å². The number of fused-ring (bicyclic) bond motifs is 1. The van der Waals surface area contributed by atoms with Crippen molar-refractivity contribution in [3.63, 3.8) is 0 Å². The van der Waals surface area contributed by atoms with E-state index in [-0.39, 0.29) is 11.3 Å². The fraction of sp³-hybridized carbons (Fsp3) is 0.0952. The number of benzene rings is 1. The van der Waals surface area contributed by atoms with Crippen molar-refractivity contribution in [2.75, 3.05) is 0 Å². The van der Waals surface area contributed by atoms with Crippen molar-refractivity contribution in [3.05, 3.63) is 81.0 Å². The summed E-state index contributed by atoms with van der Waals surface area (Å²) < 4.78 is 6.86. The highest BCUT2D eigenvalue weighted by Crippen LogP contribution is 2.34. The molecule has 0 bridgehead atoms. The van der Waals surface area contributed by atoms with Gasteiger partial charge in [0, 0.05) is 16.3 Å². The number of aromatic hydroxyl groups is 1. The van der Waals surface area contributed by atoms with Crippen LogP contribution in [0.2, 0.25) is 0 Å². The van der Waals surface area contributed by atoms with Crippen molar-refractivity contribution < 1.29 is 14.3 Å². The van der Waals surface area contributed by atoms with Crippen LogP contribution in [0.5, 0.6) is 5.75 Å². The highest BCUT2D eigenvalue weighted by Gasteiger charge is 2.17. The van der Waals surface area contributed by atoms with Gasteiger partial charge in [-0.15, -0.1) is 11.3 Å². The van der Waals surface area contributed by atoms with Gasteiger partial charge in [-0.3, -0.25) is 9.20 Å². The SMILES string of the molecule is Cc1cc(O)c(C(=O)/C=C/c2cnc3scc(Sc4ccccc4C)n23)c(=O)o1. The summed E-state index contributed by atoms with van der Waals surface area (Å²) in [5.74, 6) is -0.783. The van der Waals surface area contributed by atoms with E-state index >= 15 is 0 Å². The molecule has 3 aromatic heterocycles. The third-order valence-electron chi connectivity index (χ3n) is 4.26. The van der Waals surface area contributed by atoms with Gasteiger partial charge in [0.2, 0.25) is 0 Å². The number of hydrogen-bond donors (Lipinski definition) is 1. The van der Waals surface area contributed by atoms with Crippen LogP contribution in [0.3, 0.4) is 0 Å². The van der Waals surface area contributed by atoms with Gasteiger partial charge in [0.05, 0.1) is 16.9 Å². The van der Waals surface area contributed by atoms with Crippen LogP contribution in [0, 0.1) is 13.8 Å². The molecule has 4 rings (SSSR count). The molecule has 0 aliphatic carbocycles. The number of aromatic nitrogens is 2. The van der Waals surface area contributed by atoms with Crippen LogP contribution in [-0.4, -0.2) is 20.3 Å². The number of imidazole rings is 1.